The van der Waals surface area contributed by atoms with Gasteiger partial charge in [-0.15, -0.1) is 24.0 Å². The van der Waals surface area contributed by atoms with Crippen LogP contribution in [0.4, 0.5) is 4.39 Å². The monoisotopic (exact) mass is 555 g/mol. The summed E-state index contributed by atoms with van der Waals surface area (Å²) in [4.78, 5) is 20.5. The van der Waals surface area contributed by atoms with Crippen molar-refractivity contribution in [2.75, 3.05) is 47.3 Å². The van der Waals surface area contributed by atoms with Gasteiger partial charge < -0.3 is 20.4 Å². The van der Waals surface area contributed by atoms with Crippen molar-refractivity contribution >= 4 is 35.8 Å². The average Bonchev–Trinajstić information content (AvgIpc) is 2.75. The third-order valence-electron chi connectivity index (χ3n) is 4.75. The Labute approximate surface area is 208 Å². The summed E-state index contributed by atoms with van der Waals surface area (Å²) in [5.41, 5.74) is 2.88. The molecule has 2 N–H and O–H groups in total. The molecule has 8 heteroatoms. The smallest absolute Gasteiger partial charge is 0.253 e. The van der Waals surface area contributed by atoms with Crippen LogP contribution in [0.1, 0.15) is 28.4 Å². The van der Waals surface area contributed by atoms with Crippen LogP contribution in [0.25, 0.3) is 0 Å². The largest absolute Gasteiger partial charge is 0.357 e. The number of halogens is 2. The number of guanidine groups is 1. The molecule has 0 aliphatic carbocycles. The number of carbonyl (C=O) groups excluding carboxylic acids is 1. The highest BCUT2D eigenvalue weighted by atomic mass is 127. The van der Waals surface area contributed by atoms with Crippen LogP contribution in [0.5, 0.6) is 0 Å². The molecular weight excluding hydrogens is 520 g/mol. The maximum absolute atomic E-state index is 13.0. The number of carbonyl (C=O) groups is 1. The van der Waals surface area contributed by atoms with Gasteiger partial charge >= 0.3 is 0 Å². The number of likely N-dealkylation sites (N-methyl/N-ethyl adjacent to an activating group) is 1. The highest BCUT2D eigenvalue weighted by Crippen LogP contribution is 2.08. The maximum Gasteiger partial charge on any atom is 0.253 e. The van der Waals surface area contributed by atoms with Gasteiger partial charge in [-0.25, -0.2) is 4.39 Å². The molecule has 176 valence electrons. The number of amides is 1. The molecular formula is C24H35FIN5O. The van der Waals surface area contributed by atoms with Gasteiger partial charge in [0.1, 0.15) is 5.82 Å². The molecule has 0 bridgehead atoms. The number of rotatable bonds is 10. The van der Waals surface area contributed by atoms with Crippen LogP contribution in [0.15, 0.2) is 53.5 Å². The third kappa shape index (κ3) is 9.95. The van der Waals surface area contributed by atoms with E-state index in [0.29, 0.717) is 12.1 Å². The van der Waals surface area contributed by atoms with Crippen molar-refractivity contribution in [2.24, 2.45) is 4.99 Å². The summed E-state index contributed by atoms with van der Waals surface area (Å²) in [6.07, 6.45) is 0.795. The Balaban J connectivity index is 0.00000512. The minimum atomic E-state index is -0.214. The predicted octanol–water partition coefficient (Wildman–Crippen LogP) is 3.38. The number of aliphatic imine (C=N–C) groups is 1. The Morgan fingerprint density at radius 1 is 1.03 bits per heavy atom. The lowest BCUT2D eigenvalue weighted by atomic mass is 10.1. The molecule has 0 radical (unpaired) electrons. The molecule has 0 heterocycles. The molecule has 0 aliphatic heterocycles. The Kier molecular flexibility index (Phi) is 12.9. The van der Waals surface area contributed by atoms with E-state index < -0.39 is 0 Å². The first kappa shape index (κ1) is 27.8. The van der Waals surface area contributed by atoms with Crippen LogP contribution in [0.2, 0.25) is 0 Å². The van der Waals surface area contributed by atoms with Crippen LogP contribution < -0.4 is 10.6 Å². The van der Waals surface area contributed by atoms with Crippen molar-refractivity contribution < 1.29 is 9.18 Å². The van der Waals surface area contributed by atoms with E-state index in [2.05, 4.69) is 20.5 Å². The first-order chi connectivity index (χ1) is 14.9. The van der Waals surface area contributed by atoms with E-state index in [1.807, 2.05) is 50.4 Å². The van der Waals surface area contributed by atoms with Gasteiger partial charge in [0.25, 0.3) is 5.91 Å². The van der Waals surface area contributed by atoms with Crippen molar-refractivity contribution in [3.63, 3.8) is 0 Å². The summed E-state index contributed by atoms with van der Waals surface area (Å²) in [6.45, 7) is 5.74. The fraction of sp³-hybridized carbons (Fsp3) is 0.417. The normalized spacial score (nSPS) is 11.1. The summed E-state index contributed by atoms with van der Waals surface area (Å²) in [5, 5.41) is 6.61. The Bertz CT molecular complexity index is 858. The highest BCUT2D eigenvalue weighted by Gasteiger charge is 2.08. The van der Waals surface area contributed by atoms with Gasteiger partial charge in [-0.05, 0) is 55.8 Å². The first-order valence-corrected chi connectivity index (χ1v) is 10.6. The number of nitrogens with one attached hydrogen (secondary N) is 2. The molecule has 0 aliphatic rings. The molecule has 2 aromatic rings. The lowest BCUT2D eigenvalue weighted by Crippen LogP contribution is -2.39. The van der Waals surface area contributed by atoms with E-state index >= 15 is 0 Å². The van der Waals surface area contributed by atoms with E-state index in [1.54, 1.807) is 19.0 Å². The molecule has 0 spiro atoms. The Morgan fingerprint density at radius 3 is 2.41 bits per heavy atom. The fourth-order valence-corrected chi connectivity index (χ4v) is 3.10. The number of hydrogen-bond donors (Lipinski definition) is 2. The molecule has 0 atom stereocenters. The van der Waals surface area contributed by atoms with Crippen LogP contribution >= 0.6 is 24.0 Å². The van der Waals surface area contributed by atoms with Crippen molar-refractivity contribution in [3.05, 3.63) is 71.0 Å². The second-order valence-electron chi connectivity index (χ2n) is 7.70. The van der Waals surface area contributed by atoms with E-state index in [0.717, 1.165) is 49.7 Å². The minimum Gasteiger partial charge on any atom is -0.357 e. The minimum absolute atomic E-state index is 0. The lowest BCUT2D eigenvalue weighted by molar-refractivity contribution is 0.0827. The van der Waals surface area contributed by atoms with Crippen LogP contribution in [-0.2, 0) is 13.0 Å². The quantitative estimate of drug-likeness (QED) is 0.268. The first-order valence-electron chi connectivity index (χ1n) is 10.6. The van der Waals surface area contributed by atoms with Gasteiger partial charge in [0.2, 0.25) is 0 Å². The van der Waals surface area contributed by atoms with Crippen LogP contribution in [-0.4, -0.2) is 69.0 Å². The SMILES string of the molecule is CCNC(=NCCN(C)Cc1ccc(F)cc1)NCCc1cccc(C(=O)N(C)C)c1.I. The van der Waals surface area contributed by atoms with Crippen LogP contribution in [0, 0.1) is 5.82 Å². The van der Waals surface area contributed by atoms with Gasteiger partial charge in [0.05, 0.1) is 6.54 Å². The predicted molar refractivity (Wildman–Crippen MR) is 140 cm³/mol. The van der Waals surface area contributed by atoms with E-state index in [4.69, 9.17) is 0 Å². The Hall–Kier alpha value is -2.20. The van der Waals surface area contributed by atoms with E-state index in [1.165, 1.54) is 12.1 Å². The molecule has 0 aromatic heterocycles. The summed E-state index contributed by atoms with van der Waals surface area (Å²) in [6, 6.07) is 14.3. The van der Waals surface area contributed by atoms with E-state index in [9.17, 15) is 9.18 Å². The zero-order valence-electron chi connectivity index (χ0n) is 19.4. The molecule has 0 saturated carbocycles. The highest BCUT2D eigenvalue weighted by molar-refractivity contribution is 14.0. The van der Waals surface area contributed by atoms with Crippen molar-refractivity contribution in [1.82, 2.24) is 20.4 Å². The zero-order valence-corrected chi connectivity index (χ0v) is 21.7. The molecule has 6 nitrogen and oxygen atoms in total. The van der Waals surface area contributed by atoms with E-state index in [-0.39, 0.29) is 35.7 Å². The third-order valence-corrected chi connectivity index (χ3v) is 4.75. The molecule has 1 amide bonds. The number of nitrogens with zero attached hydrogens (tertiary/aromatic N) is 3. The number of hydrogen-bond acceptors (Lipinski definition) is 3. The second-order valence-corrected chi connectivity index (χ2v) is 7.70. The number of benzene rings is 2. The summed E-state index contributed by atoms with van der Waals surface area (Å²) >= 11 is 0. The molecule has 2 aromatic carbocycles. The van der Waals surface area contributed by atoms with Gasteiger partial charge in [-0.1, -0.05) is 24.3 Å². The molecule has 0 fully saturated rings. The lowest BCUT2D eigenvalue weighted by Gasteiger charge is -2.16. The maximum atomic E-state index is 13.0. The molecule has 32 heavy (non-hydrogen) atoms. The topological polar surface area (TPSA) is 60.0 Å². The van der Waals surface area contributed by atoms with Crippen molar-refractivity contribution in [3.8, 4) is 0 Å². The zero-order chi connectivity index (χ0) is 22.6. The van der Waals surface area contributed by atoms with Gasteiger partial charge in [-0.3, -0.25) is 9.79 Å². The summed E-state index contributed by atoms with van der Waals surface area (Å²) < 4.78 is 13.0. The summed E-state index contributed by atoms with van der Waals surface area (Å²) in [5.74, 6) is 0.570. The van der Waals surface area contributed by atoms with Gasteiger partial charge in [0.15, 0.2) is 5.96 Å². The van der Waals surface area contributed by atoms with Gasteiger partial charge in [-0.2, -0.15) is 0 Å². The standard InChI is InChI=1S/C24H34FN5O.HI/c1-5-26-24(28-15-16-30(4)18-20-9-11-22(25)12-10-20)27-14-13-19-7-6-8-21(17-19)23(31)29(2)3;/h6-12,17H,5,13-16,18H2,1-4H3,(H2,26,27,28);1H. The van der Waals surface area contributed by atoms with Crippen molar-refractivity contribution in [2.45, 2.75) is 19.9 Å². The Morgan fingerprint density at radius 2 is 1.75 bits per heavy atom. The van der Waals surface area contributed by atoms with Crippen molar-refractivity contribution in [1.29, 1.82) is 0 Å². The second kappa shape index (κ2) is 14.8. The molecule has 0 saturated heterocycles. The fourth-order valence-electron chi connectivity index (χ4n) is 3.10. The molecule has 2 rings (SSSR count). The van der Waals surface area contributed by atoms with Gasteiger partial charge in [0, 0.05) is 45.8 Å². The summed E-state index contributed by atoms with van der Waals surface area (Å²) in [7, 11) is 5.54. The molecule has 0 unspecified atom stereocenters. The van der Waals surface area contributed by atoms with Crippen LogP contribution in [0.3, 0.4) is 0 Å². The average molecular weight is 555 g/mol.